The summed E-state index contributed by atoms with van der Waals surface area (Å²) in [4.78, 5) is 12.8. The summed E-state index contributed by atoms with van der Waals surface area (Å²) in [6.45, 7) is 1.94. The van der Waals surface area contributed by atoms with E-state index in [-0.39, 0.29) is 0 Å². The average molecular weight is 268 g/mol. The Bertz CT molecular complexity index is 553. The van der Waals surface area contributed by atoms with Crippen LogP contribution in [0.1, 0.15) is 18.5 Å². The van der Waals surface area contributed by atoms with Crippen LogP contribution in [0.15, 0.2) is 11.4 Å². The monoisotopic (exact) mass is 267 g/mol. The lowest BCUT2D eigenvalue weighted by molar-refractivity contribution is 0.291. The summed E-state index contributed by atoms with van der Waals surface area (Å²) in [5, 5.41) is 3.12. The molecule has 0 bridgehead atoms. The van der Waals surface area contributed by atoms with Crippen molar-refractivity contribution in [2.75, 3.05) is 0 Å². The van der Waals surface area contributed by atoms with E-state index in [0.717, 1.165) is 23.5 Å². The predicted molar refractivity (Wildman–Crippen MR) is 66.5 cm³/mol. The van der Waals surface area contributed by atoms with Gasteiger partial charge in [0, 0.05) is 17.1 Å². The first-order valence-electron chi connectivity index (χ1n) is 5.34. The van der Waals surface area contributed by atoms with Crippen LogP contribution in [0.4, 0.5) is 0 Å². The van der Waals surface area contributed by atoms with Gasteiger partial charge in [-0.25, -0.2) is 9.97 Å². The molecule has 17 heavy (non-hydrogen) atoms. The number of nitrogens with zero attached hydrogens (tertiary/aromatic N) is 3. The van der Waals surface area contributed by atoms with Gasteiger partial charge in [0.2, 0.25) is 5.88 Å². The molecular weight excluding hydrogens is 258 g/mol. The minimum absolute atomic E-state index is 0.298. The van der Waals surface area contributed by atoms with Crippen LogP contribution in [-0.2, 0) is 0 Å². The van der Waals surface area contributed by atoms with Gasteiger partial charge in [0.25, 0.3) is 0 Å². The first-order valence-corrected chi connectivity index (χ1v) is 6.60. The second kappa shape index (κ2) is 4.23. The third-order valence-corrected chi connectivity index (χ3v) is 3.44. The highest BCUT2D eigenvalue weighted by Crippen LogP contribution is 2.29. The summed E-state index contributed by atoms with van der Waals surface area (Å²) in [7, 11) is 0. The van der Waals surface area contributed by atoms with E-state index in [1.54, 1.807) is 6.07 Å². The predicted octanol–water partition coefficient (Wildman–Crippen LogP) is 3.10. The van der Waals surface area contributed by atoms with Gasteiger partial charge in [-0.1, -0.05) is 11.6 Å². The first kappa shape index (κ1) is 10.9. The molecule has 4 nitrogen and oxygen atoms in total. The molecule has 0 aromatic carbocycles. The summed E-state index contributed by atoms with van der Waals surface area (Å²) in [6, 6.07) is 1.64. The number of hydrogen-bond donors (Lipinski definition) is 0. The Balaban J connectivity index is 1.95. The van der Waals surface area contributed by atoms with Crippen LogP contribution >= 0.6 is 22.9 Å². The van der Waals surface area contributed by atoms with Crippen molar-refractivity contribution in [1.82, 2.24) is 15.0 Å². The molecule has 0 radical (unpaired) electrons. The van der Waals surface area contributed by atoms with Crippen molar-refractivity contribution in [1.29, 1.82) is 0 Å². The lowest BCUT2D eigenvalue weighted by Gasteiger charge is -2.04. The number of aromatic nitrogens is 3. The highest BCUT2D eigenvalue weighted by molar-refractivity contribution is 7.13. The summed E-state index contributed by atoms with van der Waals surface area (Å²) in [5.74, 6) is 1.07. The summed E-state index contributed by atoms with van der Waals surface area (Å²) in [6.07, 6.45) is 2.48. The van der Waals surface area contributed by atoms with Gasteiger partial charge >= 0.3 is 0 Å². The Morgan fingerprint density at radius 1 is 1.35 bits per heavy atom. The van der Waals surface area contributed by atoms with Crippen LogP contribution in [0.2, 0.25) is 5.15 Å². The Morgan fingerprint density at radius 2 is 2.18 bits per heavy atom. The quantitative estimate of drug-likeness (QED) is 0.802. The lowest BCUT2D eigenvalue weighted by atomic mass is 10.5. The maximum atomic E-state index is 5.96. The minimum Gasteiger partial charge on any atom is -0.474 e. The van der Waals surface area contributed by atoms with E-state index in [4.69, 9.17) is 16.3 Å². The zero-order valence-corrected chi connectivity index (χ0v) is 10.8. The van der Waals surface area contributed by atoms with E-state index in [0.29, 0.717) is 23.0 Å². The number of halogens is 1. The van der Waals surface area contributed by atoms with Crippen LogP contribution < -0.4 is 4.74 Å². The molecule has 2 aromatic heterocycles. The van der Waals surface area contributed by atoms with Crippen LogP contribution in [-0.4, -0.2) is 21.1 Å². The van der Waals surface area contributed by atoms with E-state index in [2.05, 4.69) is 15.0 Å². The van der Waals surface area contributed by atoms with Crippen LogP contribution in [0.25, 0.3) is 10.8 Å². The molecule has 0 spiro atoms. The molecule has 0 N–H and O–H groups in total. The van der Waals surface area contributed by atoms with Crippen molar-refractivity contribution >= 4 is 22.9 Å². The molecular formula is C11H10ClN3OS. The largest absolute Gasteiger partial charge is 0.474 e. The standard InChI is InChI=1S/C11H10ClN3OS/c1-6-5-17-11(13-6)10-14-8(12)4-9(15-10)16-7-2-3-7/h4-5,7H,2-3H2,1H3. The second-order valence-corrected chi connectivity index (χ2v) is 5.21. The average Bonchev–Trinajstić information content (AvgIpc) is 2.97. The van der Waals surface area contributed by atoms with Crippen LogP contribution in [0, 0.1) is 6.92 Å². The Kier molecular flexibility index (Phi) is 2.72. The van der Waals surface area contributed by atoms with Crippen molar-refractivity contribution in [2.45, 2.75) is 25.9 Å². The number of hydrogen-bond acceptors (Lipinski definition) is 5. The Morgan fingerprint density at radius 3 is 2.82 bits per heavy atom. The molecule has 1 aliphatic rings. The fraction of sp³-hybridized carbons (Fsp3) is 0.364. The lowest BCUT2D eigenvalue weighted by Crippen LogP contribution is -2.00. The smallest absolute Gasteiger partial charge is 0.218 e. The number of aryl methyl sites for hydroxylation is 1. The molecule has 0 saturated heterocycles. The molecule has 0 amide bonds. The zero-order chi connectivity index (χ0) is 11.8. The van der Waals surface area contributed by atoms with Crippen molar-refractivity contribution in [2.24, 2.45) is 0 Å². The SMILES string of the molecule is Cc1csc(-c2nc(Cl)cc(OC3CC3)n2)n1. The highest BCUT2D eigenvalue weighted by atomic mass is 35.5. The fourth-order valence-electron chi connectivity index (χ4n) is 1.37. The van der Waals surface area contributed by atoms with Gasteiger partial charge in [-0.2, -0.15) is 4.98 Å². The molecule has 0 atom stereocenters. The third-order valence-electron chi connectivity index (χ3n) is 2.29. The minimum atomic E-state index is 0.298. The second-order valence-electron chi connectivity index (χ2n) is 3.96. The molecule has 1 fully saturated rings. The van der Waals surface area contributed by atoms with Gasteiger partial charge in [-0.3, -0.25) is 0 Å². The van der Waals surface area contributed by atoms with Gasteiger partial charge in [-0.15, -0.1) is 11.3 Å². The molecule has 6 heteroatoms. The topological polar surface area (TPSA) is 47.9 Å². The summed E-state index contributed by atoms with van der Waals surface area (Å²) in [5.41, 5.74) is 0.957. The van der Waals surface area contributed by atoms with Crippen LogP contribution in [0.3, 0.4) is 0 Å². The summed E-state index contributed by atoms with van der Waals surface area (Å²) >= 11 is 7.46. The van der Waals surface area contributed by atoms with Crippen molar-refractivity contribution in [3.63, 3.8) is 0 Å². The third kappa shape index (κ3) is 2.56. The van der Waals surface area contributed by atoms with Crippen molar-refractivity contribution < 1.29 is 4.74 Å². The van der Waals surface area contributed by atoms with Gasteiger partial charge in [0.15, 0.2) is 10.8 Å². The van der Waals surface area contributed by atoms with E-state index < -0.39 is 0 Å². The normalized spacial score (nSPS) is 14.9. The van der Waals surface area contributed by atoms with E-state index >= 15 is 0 Å². The van der Waals surface area contributed by atoms with Gasteiger partial charge < -0.3 is 4.74 Å². The van der Waals surface area contributed by atoms with E-state index in [1.165, 1.54) is 11.3 Å². The van der Waals surface area contributed by atoms with E-state index in [9.17, 15) is 0 Å². The molecule has 88 valence electrons. The van der Waals surface area contributed by atoms with E-state index in [1.807, 2.05) is 12.3 Å². The van der Waals surface area contributed by atoms with Crippen molar-refractivity contribution in [3.05, 3.63) is 22.3 Å². The molecule has 1 aliphatic carbocycles. The maximum absolute atomic E-state index is 5.96. The van der Waals surface area contributed by atoms with Gasteiger partial charge in [-0.05, 0) is 19.8 Å². The molecule has 2 aromatic rings. The summed E-state index contributed by atoms with van der Waals surface area (Å²) < 4.78 is 5.62. The molecule has 0 unspecified atom stereocenters. The molecule has 3 rings (SSSR count). The first-order chi connectivity index (χ1) is 8.20. The Hall–Kier alpha value is -1.20. The molecule has 0 aliphatic heterocycles. The zero-order valence-electron chi connectivity index (χ0n) is 9.18. The fourth-order valence-corrected chi connectivity index (χ4v) is 2.27. The number of rotatable bonds is 3. The van der Waals surface area contributed by atoms with Gasteiger partial charge in [0.1, 0.15) is 11.3 Å². The highest BCUT2D eigenvalue weighted by Gasteiger charge is 2.24. The number of ether oxygens (including phenoxy) is 1. The maximum Gasteiger partial charge on any atom is 0.218 e. The molecule has 1 saturated carbocycles. The molecule has 2 heterocycles. The number of thiazole rings is 1. The van der Waals surface area contributed by atoms with Crippen molar-refractivity contribution in [3.8, 4) is 16.7 Å². The van der Waals surface area contributed by atoms with Gasteiger partial charge in [0.05, 0.1) is 0 Å². The van der Waals surface area contributed by atoms with Crippen LogP contribution in [0.5, 0.6) is 5.88 Å². The Labute approximate surface area is 108 Å².